The minimum atomic E-state index is -0.463. The molecule has 0 rings (SSSR count). The van der Waals surface area contributed by atoms with Gasteiger partial charge in [0.2, 0.25) is 0 Å². The van der Waals surface area contributed by atoms with Crippen molar-refractivity contribution < 1.29 is 28.5 Å². The lowest BCUT2D eigenvalue weighted by molar-refractivity contribution is -0.145. The van der Waals surface area contributed by atoms with Crippen LogP contribution in [0.15, 0.2) is 12.2 Å². The number of carbonyl (C=O) groups is 2. The van der Waals surface area contributed by atoms with Gasteiger partial charge in [-0.2, -0.15) is 0 Å². The van der Waals surface area contributed by atoms with Crippen molar-refractivity contribution in [2.75, 3.05) is 40.3 Å². The molecule has 0 aromatic rings. The van der Waals surface area contributed by atoms with Gasteiger partial charge in [0.25, 0.3) is 0 Å². The zero-order valence-corrected chi connectivity index (χ0v) is 14.6. The van der Waals surface area contributed by atoms with Crippen LogP contribution in [0.3, 0.4) is 0 Å². The van der Waals surface area contributed by atoms with Crippen molar-refractivity contribution in [2.45, 2.75) is 39.5 Å². The molecule has 0 aromatic heterocycles. The molecule has 1 atom stereocenters. The summed E-state index contributed by atoms with van der Waals surface area (Å²) >= 11 is 0. The number of Topliss-reactive ketones (excluding diaryl/α,β-unsaturated/α-hetero) is 1. The highest BCUT2D eigenvalue weighted by molar-refractivity contribution is 5.95. The van der Waals surface area contributed by atoms with Gasteiger partial charge in [0, 0.05) is 20.1 Å². The van der Waals surface area contributed by atoms with Crippen molar-refractivity contribution in [3.05, 3.63) is 12.2 Å². The summed E-state index contributed by atoms with van der Waals surface area (Å²) in [5, 5.41) is 0. The minimum absolute atomic E-state index is 0.0648. The molecule has 0 bridgehead atoms. The van der Waals surface area contributed by atoms with Crippen LogP contribution in [0.1, 0.15) is 39.5 Å². The lowest BCUT2D eigenvalue weighted by Crippen LogP contribution is -2.16. The Bertz CT molecular complexity index is 353. The summed E-state index contributed by atoms with van der Waals surface area (Å²) in [7, 11) is 1.62. The highest BCUT2D eigenvalue weighted by Gasteiger charge is 2.17. The Morgan fingerprint density at radius 3 is 2.43 bits per heavy atom. The van der Waals surface area contributed by atoms with Gasteiger partial charge in [-0.05, 0) is 32.6 Å². The van der Waals surface area contributed by atoms with Gasteiger partial charge in [0.15, 0.2) is 0 Å². The highest BCUT2D eigenvalue weighted by atomic mass is 16.7. The molecule has 23 heavy (non-hydrogen) atoms. The third-order valence-electron chi connectivity index (χ3n) is 3.26. The van der Waals surface area contributed by atoms with Crippen LogP contribution in [0.4, 0.5) is 0 Å². The molecule has 0 fully saturated rings. The minimum Gasteiger partial charge on any atom is -0.466 e. The van der Waals surface area contributed by atoms with E-state index in [0.717, 1.165) is 18.4 Å². The Hall–Kier alpha value is -1.24. The second-order valence-electron chi connectivity index (χ2n) is 5.34. The predicted octanol–water partition coefficient (Wildman–Crippen LogP) is 2.51. The van der Waals surface area contributed by atoms with Crippen molar-refractivity contribution in [3.8, 4) is 0 Å². The van der Waals surface area contributed by atoms with Gasteiger partial charge < -0.3 is 18.9 Å². The van der Waals surface area contributed by atoms with E-state index < -0.39 is 5.97 Å². The Kier molecular flexibility index (Phi) is 13.6. The van der Waals surface area contributed by atoms with E-state index in [1.165, 1.54) is 0 Å². The number of ether oxygens (including phenoxy) is 4. The number of carbonyl (C=O) groups excluding carboxylic acids is 2. The molecule has 1 unspecified atom stereocenters. The van der Waals surface area contributed by atoms with E-state index in [9.17, 15) is 9.59 Å². The number of hydrogen-bond donors (Lipinski definition) is 0. The van der Waals surface area contributed by atoms with E-state index in [0.29, 0.717) is 32.8 Å². The monoisotopic (exact) mass is 330 g/mol. The third-order valence-corrected chi connectivity index (χ3v) is 3.26. The van der Waals surface area contributed by atoms with Gasteiger partial charge in [-0.3, -0.25) is 9.59 Å². The lowest BCUT2D eigenvalue weighted by atomic mass is 9.90. The highest BCUT2D eigenvalue weighted by Crippen LogP contribution is 2.20. The van der Waals surface area contributed by atoms with Crippen LogP contribution >= 0.6 is 0 Å². The molecule has 6 nitrogen and oxygen atoms in total. The quantitative estimate of drug-likeness (QED) is 0.151. The van der Waals surface area contributed by atoms with Crippen LogP contribution in [0.5, 0.6) is 0 Å². The molecule has 0 aliphatic rings. The third kappa shape index (κ3) is 12.9. The number of hydrogen-bond acceptors (Lipinski definition) is 6. The molecule has 0 heterocycles. The molecule has 0 aliphatic heterocycles. The number of rotatable bonds is 15. The molecular weight excluding hydrogens is 300 g/mol. The fraction of sp³-hybridized carbons (Fsp3) is 0.765. The van der Waals surface area contributed by atoms with Gasteiger partial charge in [-0.15, -0.1) is 0 Å². The Balaban J connectivity index is 3.88. The van der Waals surface area contributed by atoms with Crippen molar-refractivity contribution >= 4 is 11.8 Å². The topological polar surface area (TPSA) is 71.1 Å². The number of ketones is 1. The smallest absolute Gasteiger partial charge is 0.313 e. The molecule has 0 saturated heterocycles. The fourth-order valence-electron chi connectivity index (χ4n) is 1.99. The normalized spacial score (nSPS) is 12.0. The molecule has 6 heteroatoms. The summed E-state index contributed by atoms with van der Waals surface area (Å²) < 4.78 is 20.2. The standard InChI is InChI=1S/C17H30O6/c1-5-23-17(19)12-16(18)11-15(14(2)3)7-6-8-21-13-22-10-9-20-4/h15H,2,5-13H2,1,3-4H3. The average molecular weight is 330 g/mol. The van der Waals surface area contributed by atoms with E-state index in [2.05, 4.69) is 6.58 Å². The maximum atomic E-state index is 11.9. The number of methoxy groups -OCH3 is 1. The summed E-state index contributed by atoms with van der Waals surface area (Å²) in [6.45, 7) is 9.69. The first-order chi connectivity index (χ1) is 11.0. The van der Waals surface area contributed by atoms with Crippen LogP contribution in [0.2, 0.25) is 0 Å². The summed E-state index contributed by atoms with van der Waals surface area (Å²) in [5.41, 5.74) is 0.943. The Morgan fingerprint density at radius 1 is 1.13 bits per heavy atom. The molecule has 0 amide bonds. The summed E-state index contributed by atoms with van der Waals surface area (Å²) in [5.74, 6) is -0.510. The van der Waals surface area contributed by atoms with Crippen molar-refractivity contribution in [1.29, 1.82) is 0 Å². The Morgan fingerprint density at radius 2 is 1.83 bits per heavy atom. The van der Waals surface area contributed by atoms with Gasteiger partial charge in [-0.25, -0.2) is 0 Å². The van der Waals surface area contributed by atoms with E-state index in [-0.39, 0.29) is 24.9 Å². The molecule has 0 spiro atoms. The zero-order chi connectivity index (χ0) is 17.5. The second kappa shape index (κ2) is 14.4. The van der Waals surface area contributed by atoms with Crippen LogP contribution in [-0.4, -0.2) is 52.1 Å². The van der Waals surface area contributed by atoms with E-state index in [4.69, 9.17) is 18.9 Å². The van der Waals surface area contributed by atoms with Crippen LogP contribution in [-0.2, 0) is 28.5 Å². The molecule has 0 aliphatic carbocycles. The van der Waals surface area contributed by atoms with Gasteiger partial charge in [0.05, 0.1) is 19.8 Å². The molecule has 0 saturated carbocycles. The molecule has 0 N–H and O–H groups in total. The molecule has 0 aromatic carbocycles. The van der Waals surface area contributed by atoms with Crippen LogP contribution < -0.4 is 0 Å². The first-order valence-corrected chi connectivity index (χ1v) is 7.98. The van der Waals surface area contributed by atoms with E-state index in [1.807, 2.05) is 6.92 Å². The average Bonchev–Trinajstić information content (AvgIpc) is 2.48. The second-order valence-corrected chi connectivity index (χ2v) is 5.34. The number of allylic oxidation sites excluding steroid dienone is 1. The first kappa shape index (κ1) is 21.8. The SMILES string of the molecule is C=C(C)C(CCCOCOCCOC)CC(=O)CC(=O)OCC. The largest absolute Gasteiger partial charge is 0.466 e. The van der Waals surface area contributed by atoms with Gasteiger partial charge in [-0.1, -0.05) is 12.2 Å². The van der Waals surface area contributed by atoms with E-state index >= 15 is 0 Å². The summed E-state index contributed by atoms with van der Waals surface area (Å²) in [4.78, 5) is 23.2. The Labute approximate surface area is 139 Å². The van der Waals surface area contributed by atoms with E-state index in [1.54, 1.807) is 14.0 Å². The molecular formula is C17H30O6. The fourth-order valence-corrected chi connectivity index (χ4v) is 1.99. The van der Waals surface area contributed by atoms with Gasteiger partial charge in [0.1, 0.15) is 19.0 Å². The van der Waals surface area contributed by atoms with Crippen LogP contribution in [0, 0.1) is 5.92 Å². The van der Waals surface area contributed by atoms with Crippen molar-refractivity contribution in [3.63, 3.8) is 0 Å². The maximum Gasteiger partial charge on any atom is 0.313 e. The lowest BCUT2D eigenvalue weighted by Gasteiger charge is -2.16. The predicted molar refractivity (Wildman–Crippen MR) is 87.1 cm³/mol. The van der Waals surface area contributed by atoms with Crippen molar-refractivity contribution in [2.24, 2.45) is 5.92 Å². The van der Waals surface area contributed by atoms with Crippen molar-refractivity contribution in [1.82, 2.24) is 0 Å². The molecule has 134 valence electrons. The van der Waals surface area contributed by atoms with Gasteiger partial charge >= 0.3 is 5.97 Å². The first-order valence-electron chi connectivity index (χ1n) is 7.98. The van der Waals surface area contributed by atoms with Crippen LogP contribution in [0.25, 0.3) is 0 Å². The maximum absolute atomic E-state index is 11.9. The summed E-state index contributed by atoms with van der Waals surface area (Å²) in [6, 6.07) is 0. The summed E-state index contributed by atoms with van der Waals surface area (Å²) in [6.07, 6.45) is 1.75. The number of esters is 1. The zero-order valence-electron chi connectivity index (χ0n) is 14.6. The molecule has 0 radical (unpaired) electrons.